The Bertz CT molecular complexity index is 793. The molecule has 2 aromatic rings. The van der Waals surface area contributed by atoms with Crippen LogP contribution in [-0.2, 0) is 6.54 Å². The first-order valence-electron chi connectivity index (χ1n) is 9.82. The fraction of sp³-hybridized carbons (Fsp3) is 0.550. The average Bonchev–Trinajstić information content (AvgIpc) is 3.09. The minimum atomic E-state index is -0.208. The third-order valence-electron chi connectivity index (χ3n) is 5.01. The predicted octanol–water partition coefficient (Wildman–Crippen LogP) is 2.23. The summed E-state index contributed by atoms with van der Waals surface area (Å²) < 4.78 is 7.76. The number of amides is 1. The molecule has 168 valence electrons. The number of ether oxygens (including phenoxy) is 1. The van der Waals surface area contributed by atoms with Crippen LogP contribution in [-0.4, -0.2) is 66.1 Å². The number of nitrogens with one attached hydrogen (secondary N) is 2. The van der Waals surface area contributed by atoms with Gasteiger partial charge in [-0.15, -0.1) is 29.9 Å². The molecule has 1 fully saturated rings. The number of hydrogen-bond acceptors (Lipinski definition) is 6. The largest absolute Gasteiger partial charge is 0.492 e. The fourth-order valence-corrected chi connectivity index (χ4v) is 3.34. The van der Waals surface area contributed by atoms with Gasteiger partial charge in [0.2, 0.25) is 0 Å². The Kier molecular flexibility index (Phi) is 11.1. The summed E-state index contributed by atoms with van der Waals surface area (Å²) in [6.45, 7) is 5.67. The smallest absolute Gasteiger partial charge is 0.274 e. The van der Waals surface area contributed by atoms with Crippen LogP contribution in [0.2, 0.25) is 0 Å². The van der Waals surface area contributed by atoms with Gasteiger partial charge < -0.3 is 20.3 Å². The minimum Gasteiger partial charge on any atom is -0.492 e. The topological polar surface area (TPSA) is 84.3 Å². The molecule has 0 bridgehead atoms. The van der Waals surface area contributed by atoms with E-state index in [2.05, 4.69) is 25.8 Å². The van der Waals surface area contributed by atoms with E-state index in [1.165, 1.54) is 0 Å². The van der Waals surface area contributed by atoms with Crippen LogP contribution in [0, 0.1) is 6.92 Å². The van der Waals surface area contributed by atoms with Crippen molar-refractivity contribution >= 4 is 30.7 Å². The molecule has 0 unspecified atom stereocenters. The van der Waals surface area contributed by atoms with Crippen molar-refractivity contribution < 1.29 is 9.53 Å². The number of likely N-dealkylation sites (N-methyl/N-ethyl adjacent to an activating group) is 1. The summed E-state index contributed by atoms with van der Waals surface area (Å²) >= 11 is 0. The molecule has 1 aromatic heterocycles. The van der Waals surface area contributed by atoms with Gasteiger partial charge in [0.25, 0.3) is 5.91 Å². The number of nitrogens with zero attached hydrogens (tertiary/aromatic N) is 4. The molecule has 0 radical (unpaired) electrons. The van der Waals surface area contributed by atoms with E-state index in [0.717, 1.165) is 49.5 Å². The second-order valence-electron chi connectivity index (χ2n) is 7.39. The van der Waals surface area contributed by atoms with Gasteiger partial charge in [0.05, 0.1) is 11.7 Å². The van der Waals surface area contributed by atoms with Gasteiger partial charge in [-0.3, -0.25) is 4.79 Å². The number of carbonyl (C=O) groups excluding carboxylic acids is 1. The highest BCUT2D eigenvalue weighted by atomic mass is 35.5. The summed E-state index contributed by atoms with van der Waals surface area (Å²) in [6, 6.07) is 8.07. The van der Waals surface area contributed by atoms with E-state index in [-0.39, 0.29) is 30.7 Å². The summed E-state index contributed by atoms with van der Waals surface area (Å²) in [4.78, 5) is 14.7. The molecular formula is C20H32Cl2N6O2. The third kappa shape index (κ3) is 6.84. The minimum absolute atomic E-state index is 0. The number of halogens is 2. The Morgan fingerprint density at radius 3 is 2.67 bits per heavy atom. The van der Waals surface area contributed by atoms with E-state index >= 15 is 0 Å². The van der Waals surface area contributed by atoms with E-state index < -0.39 is 0 Å². The van der Waals surface area contributed by atoms with E-state index in [1.807, 2.05) is 50.0 Å². The van der Waals surface area contributed by atoms with Crippen molar-refractivity contribution in [3.8, 4) is 5.75 Å². The molecule has 2 heterocycles. The highest BCUT2D eigenvalue weighted by Crippen LogP contribution is 2.21. The first-order valence-corrected chi connectivity index (χ1v) is 9.82. The van der Waals surface area contributed by atoms with Gasteiger partial charge in [-0.2, -0.15) is 0 Å². The van der Waals surface area contributed by atoms with Gasteiger partial charge in [-0.1, -0.05) is 23.4 Å². The van der Waals surface area contributed by atoms with Crippen LogP contribution < -0.4 is 15.4 Å². The Hall–Kier alpha value is -1.87. The maximum Gasteiger partial charge on any atom is 0.274 e. The Labute approximate surface area is 190 Å². The number of piperidine rings is 1. The summed E-state index contributed by atoms with van der Waals surface area (Å²) in [6.07, 6.45) is 2.01. The average molecular weight is 459 g/mol. The van der Waals surface area contributed by atoms with Gasteiger partial charge >= 0.3 is 0 Å². The Morgan fingerprint density at radius 2 is 1.97 bits per heavy atom. The monoisotopic (exact) mass is 458 g/mol. The normalized spacial score (nSPS) is 14.0. The van der Waals surface area contributed by atoms with Crippen molar-refractivity contribution in [3.63, 3.8) is 0 Å². The van der Waals surface area contributed by atoms with Crippen molar-refractivity contribution in [1.29, 1.82) is 0 Å². The second kappa shape index (κ2) is 12.7. The first-order chi connectivity index (χ1) is 13.6. The lowest BCUT2D eigenvalue weighted by molar-refractivity contribution is 0.0945. The van der Waals surface area contributed by atoms with Crippen molar-refractivity contribution in [2.45, 2.75) is 32.4 Å². The molecule has 8 nitrogen and oxygen atoms in total. The molecule has 30 heavy (non-hydrogen) atoms. The third-order valence-corrected chi connectivity index (χ3v) is 5.01. The van der Waals surface area contributed by atoms with Gasteiger partial charge in [-0.25, -0.2) is 4.68 Å². The quantitative estimate of drug-likeness (QED) is 0.630. The molecular weight excluding hydrogens is 427 g/mol. The molecule has 10 heteroatoms. The van der Waals surface area contributed by atoms with E-state index in [1.54, 1.807) is 0 Å². The number of rotatable bonds is 8. The standard InChI is InChI=1S/C20H30N6O2.2ClH/c1-15-19(23-24-26(15)17-8-10-21-11-9-17)20(27)22-14-16-6-4-5-7-18(16)28-13-12-25(2)3;;/h4-7,17,21H,8-14H2,1-3H3,(H,22,27);2*1H. The second-order valence-corrected chi connectivity index (χ2v) is 7.39. The lowest BCUT2D eigenvalue weighted by atomic mass is 10.1. The molecule has 1 aliphatic rings. The van der Waals surface area contributed by atoms with E-state index in [9.17, 15) is 4.79 Å². The van der Waals surface area contributed by atoms with Gasteiger partial charge in [-0.05, 0) is 53.0 Å². The molecule has 1 saturated heterocycles. The van der Waals surface area contributed by atoms with Crippen LogP contribution in [0.3, 0.4) is 0 Å². The summed E-state index contributed by atoms with van der Waals surface area (Å²) in [5.74, 6) is 0.584. The lowest BCUT2D eigenvalue weighted by Crippen LogP contribution is -2.30. The number of hydrogen-bond donors (Lipinski definition) is 2. The summed E-state index contributed by atoms with van der Waals surface area (Å²) in [5.41, 5.74) is 2.16. The fourth-order valence-electron chi connectivity index (χ4n) is 3.34. The molecule has 0 spiro atoms. The van der Waals surface area contributed by atoms with Crippen LogP contribution in [0.4, 0.5) is 0 Å². The van der Waals surface area contributed by atoms with E-state index in [0.29, 0.717) is 24.9 Å². The van der Waals surface area contributed by atoms with Crippen molar-refractivity contribution in [2.75, 3.05) is 40.3 Å². The molecule has 0 atom stereocenters. The van der Waals surface area contributed by atoms with E-state index in [4.69, 9.17) is 4.74 Å². The molecule has 2 N–H and O–H groups in total. The van der Waals surface area contributed by atoms with Gasteiger partial charge in [0.1, 0.15) is 12.4 Å². The van der Waals surface area contributed by atoms with Gasteiger partial charge in [0, 0.05) is 18.7 Å². The van der Waals surface area contributed by atoms with Gasteiger partial charge in [0.15, 0.2) is 5.69 Å². The molecule has 3 rings (SSSR count). The van der Waals surface area contributed by atoms with Crippen molar-refractivity contribution in [1.82, 2.24) is 30.5 Å². The van der Waals surface area contributed by atoms with Crippen LogP contribution in [0.5, 0.6) is 5.75 Å². The zero-order valence-electron chi connectivity index (χ0n) is 17.8. The molecule has 1 aromatic carbocycles. The van der Waals surface area contributed by atoms with Crippen molar-refractivity contribution in [2.24, 2.45) is 0 Å². The summed E-state index contributed by atoms with van der Waals surface area (Å²) in [7, 11) is 4.02. The van der Waals surface area contributed by atoms with Crippen LogP contribution in [0.15, 0.2) is 24.3 Å². The number of carbonyl (C=O) groups is 1. The highest BCUT2D eigenvalue weighted by Gasteiger charge is 2.22. The number of benzene rings is 1. The molecule has 1 amide bonds. The van der Waals surface area contributed by atoms with Crippen LogP contribution in [0.25, 0.3) is 0 Å². The predicted molar refractivity (Wildman–Crippen MR) is 122 cm³/mol. The van der Waals surface area contributed by atoms with Crippen molar-refractivity contribution in [3.05, 3.63) is 41.2 Å². The maximum atomic E-state index is 12.7. The lowest BCUT2D eigenvalue weighted by Gasteiger charge is -2.23. The number of para-hydroxylation sites is 1. The zero-order valence-corrected chi connectivity index (χ0v) is 19.4. The Morgan fingerprint density at radius 1 is 1.27 bits per heavy atom. The molecule has 0 aliphatic carbocycles. The summed E-state index contributed by atoms with van der Waals surface area (Å²) in [5, 5.41) is 14.7. The molecule has 0 saturated carbocycles. The first kappa shape index (κ1) is 26.2. The zero-order chi connectivity index (χ0) is 19.9. The maximum absolute atomic E-state index is 12.7. The Balaban J connectivity index is 0.00000225. The highest BCUT2D eigenvalue weighted by molar-refractivity contribution is 5.93. The van der Waals surface area contributed by atoms with Crippen LogP contribution >= 0.6 is 24.8 Å². The van der Waals surface area contributed by atoms with Crippen LogP contribution in [0.1, 0.15) is 40.6 Å². The number of aromatic nitrogens is 3. The molecule has 1 aliphatic heterocycles. The SMILES string of the molecule is Cc1c(C(=O)NCc2ccccc2OCCN(C)C)nnn1C1CCNCC1.Cl.Cl.